The van der Waals surface area contributed by atoms with Crippen LogP contribution in [0.5, 0.6) is 0 Å². The smallest absolute Gasteiger partial charge is 0.250 e. The Morgan fingerprint density at radius 3 is 2.50 bits per heavy atom. The van der Waals surface area contributed by atoms with Crippen molar-refractivity contribution in [2.24, 2.45) is 0 Å². The van der Waals surface area contributed by atoms with Gasteiger partial charge in [-0.05, 0) is 49.9 Å². The predicted molar refractivity (Wildman–Crippen MR) is 103 cm³/mol. The maximum Gasteiger partial charge on any atom is 0.250 e. The molecule has 3 rings (SSSR count). The number of carbonyl (C=O) groups excluding carboxylic acids is 1. The number of carbonyl (C=O) groups is 1. The maximum absolute atomic E-state index is 12.1. The molecule has 0 unspecified atom stereocenters. The fourth-order valence-corrected chi connectivity index (χ4v) is 3.53. The minimum atomic E-state index is 0.000105. The van der Waals surface area contributed by atoms with E-state index in [-0.39, 0.29) is 11.5 Å². The summed E-state index contributed by atoms with van der Waals surface area (Å²) in [5, 5.41) is 2.97. The summed E-state index contributed by atoms with van der Waals surface area (Å²) in [4.78, 5) is 26.0. The minimum absolute atomic E-state index is 0.000105. The van der Waals surface area contributed by atoms with E-state index in [9.17, 15) is 9.59 Å². The molecule has 1 amide bonds. The first-order chi connectivity index (χ1) is 12.7. The molecular formula is C21H27N3O2. The van der Waals surface area contributed by atoms with E-state index < -0.39 is 0 Å². The fraction of sp³-hybridized carbons (Fsp3) is 0.429. The van der Waals surface area contributed by atoms with Gasteiger partial charge in [0.05, 0.1) is 6.54 Å². The number of hydrogen-bond donors (Lipinski definition) is 1. The highest BCUT2D eigenvalue weighted by atomic mass is 16.2. The molecule has 26 heavy (non-hydrogen) atoms. The van der Waals surface area contributed by atoms with Crippen molar-refractivity contribution in [3.05, 3.63) is 70.6 Å². The molecule has 0 spiro atoms. The van der Waals surface area contributed by atoms with Crippen LogP contribution in [0.3, 0.4) is 0 Å². The normalized spacial score (nSPS) is 15.7. The van der Waals surface area contributed by atoms with Crippen molar-refractivity contribution < 1.29 is 4.79 Å². The van der Waals surface area contributed by atoms with Crippen LogP contribution in [0, 0.1) is 0 Å². The van der Waals surface area contributed by atoms with Crippen LogP contribution in [0.1, 0.15) is 30.7 Å². The Balaban J connectivity index is 1.33. The molecule has 1 aliphatic rings. The van der Waals surface area contributed by atoms with Gasteiger partial charge < -0.3 is 9.88 Å². The molecule has 1 aliphatic heterocycles. The number of aromatic nitrogens is 1. The molecule has 2 heterocycles. The molecule has 1 N–H and O–H groups in total. The molecule has 0 atom stereocenters. The Morgan fingerprint density at radius 1 is 1.04 bits per heavy atom. The Hall–Kier alpha value is -2.40. The third-order valence-electron chi connectivity index (χ3n) is 5.02. The second-order valence-electron chi connectivity index (χ2n) is 6.90. The van der Waals surface area contributed by atoms with Gasteiger partial charge in [0.25, 0.3) is 0 Å². The summed E-state index contributed by atoms with van der Waals surface area (Å²) in [6.45, 7) is 3.62. The van der Waals surface area contributed by atoms with E-state index >= 15 is 0 Å². The van der Waals surface area contributed by atoms with Gasteiger partial charge in [0.15, 0.2) is 0 Å². The number of aryl methyl sites for hydroxylation is 1. The first kappa shape index (κ1) is 18.4. The predicted octanol–water partition coefficient (Wildman–Crippen LogP) is 2.23. The average Bonchev–Trinajstić information content (AvgIpc) is 2.68. The molecule has 0 saturated carbocycles. The molecule has 1 saturated heterocycles. The van der Waals surface area contributed by atoms with Crippen LogP contribution in [0.25, 0.3) is 0 Å². The van der Waals surface area contributed by atoms with Crippen LogP contribution in [0.2, 0.25) is 0 Å². The van der Waals surface area contributed by atoms with Crippen molar-refractivity contribution in [2.45, 2.75) is 31.7 Å². The Bertz CT molecular complexity index is 749. The quantitative estimate of drug-likeness (QED) is 0.777. The van der Waals surface area contributed by atoms with Crippen molar-refractivity contribution in [1.29, 1.82) is 0 Å². The second kappa shape index (κ2) is 9.34. The number of rotatable bonds is 7. The second-order valence-corrected chi connectivity index (χ2v) is 6.90. The third kappa shape index (κ3) is 5.30. The third-order valence-corrected chi connectivity index (χ3v) is 5.02. The maximum atomic E-state index is 12.1. The van der Waals surface area contributed by atoms with Crippen molar-refractivity contribution in [1.82, 2.24) is 14.8 Å². The van der Waals surface area contributed by atoms with Gasteiger partial charge >= 0.3 is 0 Å². The van der Waals surface area contributed by atoms with E-state index in [2.05, 4.69) is 40.5 Å². The number of nitrogens with one attached hydrogen (secondary N) is 1. The van der Waals surface area contributed by atoms with Gasteiger partial charge in [-0.3, -0.25) is 14.5 Å². The molecule has 1 fully saturated rings. The number of nitrogens with zero attached hydrogens (tertiary/aromatic N) is 2. The zero-order valence-electron chi connectivity index (χ0n) is 15.1. The van der Waals surface area contributed by atoms with Crippen molar-refractivity contribution >= 4 is 5.91 Å². The molecule has 5 nitrogen and oxygen atoms in total. The molecule has 0 bridgehead atoms. The van der Waals surface area contributed by atoms with Crippen molar-refractivity contribution in [2.75, 3.05) is 26.2 Å². The lowest BCUT2D eigenvalue weighted by Crippen LogP contribution is -2.41. The Kier molecular flexibility index (Phi) is 6.61. The van der Waals surface area contributed by atoms with Gasteiger partial charge in [-0.15, -0.1) is 0 Å². The van der Waals surface area contributed by atoms with Gasteiger partial charge in [0.2, 0.25) is 11.5 Å². The minimum Gasteiger partial charge on any atom is -0.355 e. The van der Waals surface area contributed by atoms with E-state index in [1.54, 1.807) is 22.9 Å². The van der Waals surface area contributed by atoms with E-state index in [1.165, 1.54) is 5.56 Å². The van der Waals surface area contributed by atoms with Crippen LogP contribution < -0.4 is 10.9 Å². The van der Waals surface area contributed by atoms with Crippen molar-refractivity contribution in [3.8, 4) is 0 Å². The molecule has 0 aliphatic carbocycles. The highest BCUT2D eigenvalue weighted by Crippen LogP contribution is 2.27. The summed E-state index contributed by atoms with van der Waals surface area (Å²) < 4.78 is 1.67. The van der Waals surface area contributed by atoms with Gasteiger partial charge in [-0.25, -0.2) is 0 Å². The largest absolute Gasteiger partial charge is 0.355 e. The molecule has 1 aromatic heterocycles. The highest BCUT2D eigenvalue weighted by molar-refractivity contribution is 5.77. The molecule has 5 heteroatoms. The molecule has 1 aromatic carbocycles. The highest BCUT2D eigenvalue weighted by Gasteiger charge is 2.21. The van der Waals surface area contributed by atoms with Crippen LogP contribution in [0.4, 0.5) is 0 Å². The summed E-state index contributed by atoms with van der Waals surface area (Å²) in [7, 11) is 0. The number of hydrogen-bond acceptors (Lipinski definition) is 3. The number of likely N-dealkylation sites (tertiary alicyclic amines) is 1. The topological polar surface area (TPSA) is 54.3 Å². The summed E-state index contributed by atoms with van der Waals surface area (Å²) in [6, 6.07) is 15.8. The van der Waals surface area contributed by atoms with E-state index in [0.29, 0.717) is 25.6 Å². The van der Waals surface area contributed by atoms with E-state index in [1.807, 2.05) is 6.07 Å². The standard InChI is InChI=1S/C21H27N3O2/c25-20(22-12-6-14-24-13-5-4-9-21(24)26)17-23-15-10-19(11-16-23)18-7-2-1-3-8-18/h1-5,7-9,13,19H,6,10-12,14-17H2,(H,22,25). The SMILES string of the molecule is O=C(CN1CCC(c2ccccc2)CC1)NCCCn1ccccc1=O. The fourth-order valence-electron chi connectivity index (χ4n) is 3.53. The summed E-state index contributed by atoms with van der Waals surface area (Å²) in [6.07, 6.45) is 4.75. The first-order valence-corrected chi connectivity index (χ1v) is 9.42. The number of piperidine rings is 1. The Morgan fingerprint density at radius 2 is 1.77 bits per heavy atom. The summed E-state index contributed by atoms with van der Waals surface area (Å²) in [5.41, 5.74) is 1.41. The van der Waals surface area contributed by atoms with Crippen LogP contribution in [-0.2, 0) is 11.3 Å². The monoisotopic (exact) mass is 353 g/mol. The summed E-state index contributed by atoms with van der Waals surface area (Å²) >= 11 is 0. The summed E-state index contributed by atoms with van der Waals surface area (Å²) in [5.74, 6) is 0.684. The zero-order chi connectivity index (χ0) is 18.2. The van der Waals surface area contributed by atoms with Crippen LogP contribution >= 0.6 is 0 Å². The lowest BCUT2D eigenvalue weighted by molar-refractivity contribution is -0.122. The number of pyridine rings is 1. The lowest BCUT2D eigenvalue weighted by Gasteiger charge is -2.31. The molecular weight excluding hydrogens is 326 g/mol. The Labute approximate surface area is 154 Å². The van der Waals surface area contributed by atoms with E-state index in [4.69, 9.17) is 0 Å². The van der Waals surface area contributed by atoms with Gasteiger partial charge in [0.1, 0.15) is 0 Å². The molecule has 0 radical (unpaired) electrons. The number of amides is 1. The zero-order valence-corrected chi connectivity index (χ0v) is 15.1. The average molecular weight is 353 g/mol. The lowest BCUT2D eigenvalue weighted by atomic mass is 9.89. The van der Waals surface area contributed by atoms with Gasteiger partial charge in [-0.1, -0.05) is 36.4 Å². The molecule has 138 valence electrons. The van der Waals surface area contributed by atoms with Gasteiger partial charge in [-0.2, -0.15) is 0 Å². The number of benzene rings is 1. The van der Waals surface area contributed by atoms with Crippen LogP contribution in [0.15, 0.2) is 59.5 Å². The van der Waals surface area contributed by atoms with Crippen LogP contribution in [-0.4, -0.2) is 41.6 Å². The van der Waals surface area contributed by atoms with Crippen molar-refractivity contribution in [3.63, 3.8) is 0 Å². The molecule has 2 aromatic rings. The first-order valence-electron chi connectivity index (χ1n) is 9.42. The van der Waals surface area contributed by atoms with E-state index in [0.717, 1.165) is 32.4 Å². The van der Waals surface area contributed by atoms with Gasteiger partial charge in [0, 0.05) is 25.4 Å².